The van der Waals surface area contributed by atoms with E-state index in [-0.39, 0.29) is 5.91 Å². The van der Waals surface area contributed by atoms with Crippen LogP contribution in [0.1, 0.15) is 29.5 Å². The average Bonchev–Trinajstić information content (AvgIpc) is 3.08. The number of carbonyl (C=O) groups excluding carboxylic acids is 1. The number of hydrogen-bond donors (Lipinski definition) is 1. The highest BCUT2D eigenvalue weighted by molar-refractivity contribution is 7.22. The van der Waals surface area contributed by atoms with E-state index in [9.17, 15) is 4.79 Å². The molecule has 5 heteroatoms. The molecule has 0 spiro atoms. The fraction of sp³-hybridized carbons (Fsp3) is 0.391. The van der Waals surface area contributed by atoms with Gasteiger partial charge in [0.05, 0.1) is 30.9 Å². The predicted molar refractivity (Wildman–Crippen MR) is 119 cm³/mol. The number of fused-ring (bicyclic) bond motifs is 1. The molecule has 1 aromatic heterocycles. The minimum absolute atomic E-state index is 0.158. The zero-order valence-electron chi connectivity index (χ0n) is 17.3. The molecule has 148 valence electrons. The lowest BCUT2D eigenvalue weighted by atomic mass is 10.1. The fourth-order valence-corrected chi connectivity index (χ4v) is 4.49. The van der Waals surface area contributed by atoms with Crippen molar-refractivity contribution in [2.24, 2.45) is 0 Å². The molecular weight excluding hydrogens is 366 g/mol. The summed E-state index contributed by atoms with van der Waals surface area (Å²) in [6, 6.07) is 14.5. The summed E-state index contributed by atoms with van der Waals surface area (Å²) >= 11 is 1.64. The number of carbonyl (C=O) groups is 1. The fourth-order valence-electron chi connectivity index (χ4n) is 3.43. The number of quaternary nitrogens is 1. The summed E-state index contributed by atoms with van der Waals surface area (Å²) in [5.41, 5.74) is 4.63. The Balaban J connectivity index is 1.81. The summed E-state index contributed by atoms with van der Waals surface area (Å²) in [7, 11) is 4.29. The first-order valence-corrected chi connectivity index (χ1v) is 10.8. The van der Waals surface area contributed by atoms with E-state index in [1.807, 2.05) is 23.1 Å². The minimum Gasteiger partial charge on any atom is -0.340 e. The Labute approximate surface area is 171 Å². The van der Waals surface area contributed by atoms with Gasteiger partial charge in [0.1, 0.15) is 0 Å². The van der Waals surface area contributed by atoms with Crippen molar-refractivity contribution in [2.45, 2.75) is 33.1 Å². The first-order chi connectivity index (χ1) is 13.4. The molecule has 0 fully saturated rings. The SMILES string of the molecule is Cc1cc(C)c2sc(N(CCC[NH+](C)C)C(=O)CCc3ccccc3)nc2c1. The molecule has 1 heterocycles. The Morgan fingerprint density at radius 2 is 1.89 bits per heavy atom. The molecule has 1 amide bonds. The van der Waals surface area contributed by atoms with Crippen LogP contribution in [0.2, 0.25) is 0 Å². The van der Waals surface area contributed by atoms with Crippen molar-refractivity contribution in [3.05, 3.63) is 59.2 Å². The van der Waals surface area contributed by atoms with Crippen molar-refractivity contribution in [1.29, 1.82) is 0 Å². The van der Waals surface area contributed by atoms with Crippen molar-refractivity contribution in [3.63, 3.8) is 0 Å². The highest BCUT2D eigenvalue weighted by Crippen LogP contribution is 2.32. The maximum atomic E-state index is 13.1. The van der Waals surface area contributed by atoms with Gasteiger partial charge in [-0.1, -0.05) is 47.7 Å². The number of hydrogen-bond acceptors (Lipinski definition) is 3. The number of anilines is 1. The summed E-state index contributed by atoms with van der Waals surface area (Å²) < 4.78 is 1.18. The van der Waals surface area contributed by atoms with Gasteiger partial charge in [-0.25, -0.2) is 4.98 Å². The second kappa shape index (κ2) is 9.30. The summed E-state index contributed by atoms with van der Waals surface area (Å²) in [5, 5.41) is 0.829. The Hall–Kier alpha value is -2.24. The van der Waals surface area contributed by atoms with Crippen LogP contribution in [0.5, 0.6) is 0 Å². The van der Waals surface area contributed by atoms with Crippen molar-refractivity contribution < 1.29 is 9.69 Å². The molecule has 4 nitrogen and oxygen atoms in total. The van der Waals surface area contributed by atoms with Crippen LogP contribution in [0.3, 0.4) is 0 Å². The molecule has 0 bridgehead atoms. The lowest BCUT2D eigenvalue weighted by Gasteiger charge is -2.20. The molecule has 0 atom stereocenters. The molecule has 0 unspecified atom stereocenters. The molecule has 0 saturated heterocycles. The number of aryl methyl sites for hydroxylation is 3. The van der Waals surface area contributed by atoms with E-state index in [0.29, 0.717) is 6.42 Å². The number of rotatable bonds is 8. The van der Waals surface area contributed by atoms with Crippen molar-refractivity contribution >= 4 is 32.6 Å². The summed E-state index contributed by atoms with van der Waals surface area (Å²) in [6.45, 7) is 5.96. The highest BCUT2D eigenvalue weighted by Gasteiger charge is 2.20. The zero-order chi connectivity index (χ0) is 20.1. The molecule has 28 heavy (non-hydrogen) atoms. The van der Waals surface area contributed by atoms with Crippen molar-refractivity contribution in [1.82, 2.24) is 4.98 Å². The van der Waals surface area contributed by atoms with Gasteiger partial charge in [0.25, 0.3) is 0 Å². The third kappa shape index (κ3) is 5.18. The Kier molecular flexibility index (Phi) is 6.81. The largest absolute Gasteiger partial charge is 0.340 e. The highest BCUT2D eigenvalue weighted by atomic mass is 32.1. The second-order valence-electron chi connectivity index (χ2n) is 7.77. The van der Waals surface area contributed by atoms with Gasteiger partial charge in [-0.05, 0) is 43.0 Å². The van der Waals surface area contributed by atoms with Gasteiger partial charge in [0.2, 0.25) is 5.91 Å². The van der Waals surface area contributed by atoms with Gasteiger partial charge in [-0.2, -0.15) is 0 Å². The standard InChI is InChI=1S/C23H29N3OS/c1-17-15-18(2)22-20(16-17)24-23(28-22)26(14-8-13-25(3)4)21(27)12-11-19-9-6-5-7-10-19/h5-7,9-10,15-16H,8,11-14H2,1-4H3/p+1. The lowest BCUT2D eigenvalue weighted by molar-refractivity contribution is -0.858. The maximum absolute atomic E-state index is 13.1. The van der Waals surface area contributed by atoms with Gasteiger partial charge in [-0.15, -0.1) is 0 Å². The van der Waals surface area contributed by atoms with Crippen LogP contribution in [0.4, 0.5) is 5.13 Å². The Bertz CT molecular complexity index is 934. The molecular formula is C23H30N3OS+. The molecule has 3 rings (SSSR count). The number of thiazole rings is 1. The van der Waals surface area contributed by atoms with Crippen LogP contribution in [-0.4, -0.2) is 38.1 Å². The van der Waals surface area contributed by atoms with Gasteiger partial charge in [0.15, 0.2) is 5.13 Å². The third-order valence-corrected chi connectivity index (χ3v) is 6.10. The smallest absolute Gasteiger partial charge is 0.229 e. The Morgan fingerprint density at radius 1 is 1.14 bits per heavy atom. The number of amides is 1. The van der Waals surface area contributed by atoms with Crippen LogP contribution in [-0.2, 0) is 11.2 Å². The molecule has 0 aliphatic heterocycles. The molecule has 0 aliphatic carbocycles. The maximum Gasteiger partial charge on any atom is 0.229 e. The first kappa shape index (κ1) is 20.5. The van der Waals surface area contributed by atoms with E-state index in [1.54, 1.807) is 11.3 Å². The van der Waals surface area contributed by atoms with E-state index in [2.05, 4.69) is 52.2 Å². The second-order valence-corrected chi connectivity index (χ2v) is 8.75. The van der Waals surface area contributed by atoms with E-state index in [0.717, 1.165) is 36.6 Å². The summed E-state index contributed by atoms with van der Waals surface area (Å²) in [5.74, 6) is 0.158. The van der Waals surface area contributed by atoms with Crippen LogP contribution in [0.25, 0.3) is 10.2 Å². The van der Waals surface area contributed by atoms with Crippen LogP contribution in [0, 0.1) is 13.8 Å². The van der Waals surface area contributed by atoms with E-state index in [1.165, 1.54) is 26.3 Å². The number of aromatic nitrogens is 1. The van der Waals surface area contributed by atoms with Crippen LogP contribution >= 0.6 is 11.3 Å². The van der Waals surface area contributed by atoms with E-state index < -0.39 is 0 Å². The average molecular weight is 397 g/mol. The molecule has 0 radical (unpaired) electrons. The summed E-state index contributed by atoms with van der Waals surface area (Å²) in [6.07, 6.45) is 2.23. The van der Waals surface area contributed by atoms with Gasteiger partial charge >= 0.3 is 0 Å². The van der Waals surface area contributed by atoms with E-state index in [4.69, 9.17) is 4.98 Å². The lowest BCUT2D eigenvalue weighted by Crippen LogP contribution is -3.05. The molecule has 1 N–H and O–H groups in total. The molecule has 0 saturated carbocycles. The normalized spacial score (nSPS) is 11.3. The number of nitrogens with one attached hydrogen (secondary N) is 1. The van der Waals surface area contributed by atoms with Gasteiger partial charge < -0.3 is 4.90 Å². The zero-order valence-corrected chi connectivity index (χ0v) is 18.1. The van der Waals surface area contributed by atoms with Crippen LogP contribution < -0.4 is 9.80 Å². The van der Waals surface area contributed by atoms with Crippen LogP contribution in [0.15, 0.2) is 42.5 Å². The van der Waals surface area contributed by atoms with Crippen molar-refractivity contribution in [2.75, 3.05) is 32.1 Å². The number of benzene rings is 2. The van der Waals surface area contributed by atoms with Gasteiger partial charge in [-0.3, -0.25) is 9.69 Å². The first-order valence-electron chi connectivity index (χ1n) is 9.95. The molecule has 3 aromatic rings. The van der Waals surface area contributed by atoms with Crippen molar-refractivity contribution in [3.8, 4) is 0 Å². The third-order valence-electron chi connectivity index (χ3n) is 4.87. The number of nitrogens with zero attached hydrogens (tertiary/aromatic N) is 2. The van der Waals surface area contributed by atoms with Gasteiger partial charge in [0, 0.05) is 19.4 Å². The molecule has 2 aromatic carbocycles. The van der Waals surface area contributed by atoms with E-state index >= 15 is 0 Å². The molecule has 0 aliphatic rings. The Morgan fingerprint density at radius 3 is 2.61 bits per heavy atom. The summed E-state index contributed by atoms with van der Waals surface area (Å²) in [4.78, 5) is 21.2. The minimum atomic E-state index is 0.158. The monoisotopic (exact) mass is 396 g/mol. The topological polar surface area (TPSA) is 37.6 Å². The quantitative estimate of drug-likeness (QED) is 0.634. The predicted octanol–water partition coefficient (Wildman–Crippen LogP) is 3.41.